The zero-order chi connectivity index (χ0) is 7.97. The van der Waals surface area contributed by atoms with Crippen LogP contribution in [-0.2, 0) is 0 Å². The minimum atomic E-state index is 1.10. The van der Waals surface area contributed by atoms with E-state index < -0.39 is 0 Å². The van der Waals surface area contributed by atoms with Crippen LogP contribution < -0.4 is 0 Å². The van der Waals surface area contributed by atoms with Gasteiger partial charge in [-0.05, 0) is 56.5 Å². The molecule has 0 aromatic rings. The highest BCUT2D eigenvalue weighted by atomic mass is 15.2. The number of rotatable bonds is 2. The highest BCUT2D eigenvalue weighted by Gasteiger charge is 2.40. The summed E-state index contributed by atoms with van der Waals surface area (Å²) >= 11 is 0. The fraction of sp³-hybridized carbons (Fsp3) is 1.00. The van der Waals surface area contributed by atoms with Gasteiger partial charge in [-0.25, -0.2) is 0 Å². The Labute approximate surface area is 75.1 Å². The standard InChI is InChI=1S/C11H19N/c1-4-12(5-1)8-11-7-9-2-3-10(11)6-9/h9-11H,1-8H2. The molecule has 3 unspecified atom stereocenters. The van der Waals surface area contributed by atoms with Gasteiger partial charge in [0, 0.05) is 6.54 Å². The third kappa shape index (κ3) is 1.10. The molecule has 12 heavy (non-hydrogen) atoms. The Kier molecular flexibility index (Phi) is 1.68. The van der Waals surface area contributed by atoms with Gasteiger partial charge in [-0.15, -0.1) is 0 Å². The smallest absolute Gasteiger partial charge is 0.00124 e. The van der Waals surface area contributed by atoms with Crippen molar-refractivity contribution in [2.24, 2.45) is 17.8 Å². The van der Waals surface area contributed by atoms with Gasteiger partial charge in [0.05, 0.1) is 0 Å². The van der Waals surface area contributed by atoms with E-state index in [-0.39, 0.29) is 0 Å². The molecule has 1 heteroatoms. The first-order valence-corrected chi connectivity index (χ1v) is 5.64. The van der Waals surface area contributed by atoms with E-state index in [4.69, 9.17) is 0 Å². The second-order valence-electron chi connectivity index (χ2n) is 5.09. The predicted molar refractivity (Wildman–Crippen MR) is 50.0 cm³/mol. The van der Waals surface area contributed by atoms with E-state index in [9.17, 15) is 0 Å². The van der Waals surface area contributed by atoms with E-state index in [1.165, 1.54) is 26.1 Å². The van der Waals surface area contributed by atoms with Crippen LogP contribution >= 0.6 is 0 Å². The van der Waals surface area contributed by atoms with Crippen molar-refractivity contribution in [3.63, 3.8) is 0 Å². The third-order valence-corrected chi connectivity index (χ3v) is 4.33. The molecule has 0 radical (unpaired) electrons. The molecule has 1 aliphatic heterocycles. The molecule has 1 saturated heterocycles. The molecule has 3 rings (SSSR count). The molecule has 3 atom stereocenters. The molecule has 1 nitrogen and oxygen atoms in total. The fourth-order valence-electron chi connectivity index (χ4n) is 3.50. The maximum absolute atomic E-state index is 2.66. The molecule has 3 fully saturated rings. The summed E-state index contributed by atoms with van der Waals surface area (Å²) < 4.78 is 0. The van der Waals surface area contributed by atoms with Gasteiger partial charge in [0.25, 0.3) is 0 Å². The van der Waals surface area contributed by atoms with Crippen molar-refractivity contribution >= 4 is 0 Å². The van der Waals surface area contributed by atoms with E-state index in [0.717, 1.165) is 17.8 Å². The lowest BCUT2D eigenvalue weighted by molar-refractivity contribution is 0.129. The summed E-state index contributed by atoms with van der Waals surface area (Å²) in [6.45, 7) is 4.24. The molecular weight excluding hydrogens is 146 g/mol. The topological polar surface area (TPSA) is 3.24 Å². The lowest BCUT2D eigenvalue weighted by Crippen LogP contribution is -2.41. The van der Waals surface area contributed by atoms with E-state index in [1.54, 1.807) is 25.7 Å². The van der Waals surface area contributed by atoms with Crippen LogP contribution in [0.5, 0.6) is 0 Å². The average Bonchev–Trinajstić information content (AvgIpc) is 2.56. The number of hydrogen-bond acceptors (Lipinski definition) is 1. The quantitative estimate of drug-likeness (QED) is 0.606. The molecule has 0 aromatic carbocycles. The predicted octanol–water partition coefficient (Wildman–Crippen LogP) is 2.13. The summed E-state index contributed by atoms with van der Waals surface area (Å²) in [5.41, 5.74) is 0. The minimum Gasteiger partial charge on any atom is -0.303 e. The first kappa shape index (κ1) is 7.37. The molecule has 2 saturated carbocycles. The Bertz CT molecular complexity index is 174. The normalized spacial score (nSPS) is 46.5. The molecule has 0 amide bonds. The fourth-order valence-corrected chi connectivity index (χ4v) is 3.50. The van der Waals surface area contributed by atoms with E-state index in [0.29, 0.717) is 0 Å². The van der Waals surface area contributed by atoms with Crippen molar-refractivity contribution in [3.8, 4) is 0 Å². The zero-order valence-corrected chi connectivity index (χ0v) is 7.84. The van der Waals surface area contributed by atoms with Gasteiger partial charge >= 0.3 is 0 Å². The Hall–Kier alpha value is -0.0400. The van der Waals surface area contributed by atoms with Gasteiger partial charge in [0.1, 0.15) is 0 Å². The summed E-state index contributed by atoms with van der Waals surface area (Å²) in [5.74, 6) is 3.38. The maximum Gasteiger partial charge on any atom is 0.00124 e. The highest BCUT2D eigenvalue weighted by molar-refractivity contribution is 4.91. The molecule has 1 heterocycles. The zero-order valence-electron chi connectivity index (χ0n) is 7.84. The van der Waals surface area contributed by atoms with Crippen molar-refractivity contribution in [2.75, 3.05) is 19.6 Å². The summed E-state index contributed by atoms with van der Waals surface area (Å²) in [5, 5.41) is 0. The lowest BCUT2D eigenvalue weighted by atomic mass is 9.88. The van der Waals surface area contributed by atoms with Gasteiger partial charge in [0.15, 0.2) is 0 Å². The number of likely N-dealkylation sites (tertiary alicyclic amines) is 1. The van der Waals surface area contributed by atoms with Gasteiger partial charge in [0.2, 0.25) is 0 Å². The van der Waals surface area contributed by atoms with Crippen LogP contribution in [0.15, 0.2) is 0 Å². The molecule has 0 spiro atoms. The van der Waals surface area contributed by atoms with Crippen LogP contribution in [0, 0.1) is 17.8 Å². The van der Waals surface area contributed by atoms with Crippen molar-refractivity contribution < 1.29 is 0 Å². The monoisotopic (exact) mass is 165 g/mol. The van der Waals surface area contributed by atoms with E-state index in [1.807, 2.05) is 0 Å². The minimum absolute atomic E-state index is 1.10. The Morgan fingerprint density at radius 2 is 2.00 bits per heavy atom. The maximum atomic E-state index is 2.66. The third-order valence-electron chi connectivity index (χ3n) is 4.33. The Balaban J connectivity index is 1.56. The second-order valence-corrected chi connectivity index (χ2v) is 5.09. The summed E-state index contributed by atoms with van der Waals surface area (Å²) in [4.78, 5) is 2.66. The van der Waals surface area contributed by atoms with E-state index in [2.05, 4.69) is 4.90 Å². The molecule has 2 bridgehead atoms. The van der Waals surface area contributed by atoms with Gasteiger partial charge in [-0.1, -0.05) is 6.42 Å². The van der Waals surface area contributed by atoms with Crippen molar-refractivity contribution in [1.82, 2.24) is 4.90 Å². The highest BCUT2D eigenvalue weighted by Crippen LogP contribution is 2.48. The van der Waals surface area contributed by atoms with Gasteiger partial charge in [-0.2, -0.15) is 0 Å². The number of nitrogens with zero attached hydrogens (tertiary/aromatic N) is 1. The molecule has 2 aliphatic carbocycles. The van der Waals surface area contributed by atoms with Crippen LogP contribution in [0.4, 0.5) is 0 Å². The van der Waals surface area contributed by atoms with Crippen molar-refractivity contribution in [1.29, 1.82) is 0 Å². The molecule has 68 valence electrons. The van der Waals surface area contributed by atoms with Crippen LogP contribution in [0.3, 0.4) is 0 Å². The second kappa shape index (κ2) is 2.73. The summed E-state index contributed by atoms with van der Waals surface area (Å²) in [6, 6.07) is 0. The van der Waals surface area contributed by atoms with Gasteiger partial charge < -0.3 is 4.90 Å². The molecule has 3 aliphatic rings. The Morgan fingerprint density at radius 1 is 1.08 bits per heavy atom. The van der Waals surface area contributed by atoms with E-state index >= 15 is 0 Å². The first-order chi connectivity index (χ1) is 5.92. The first-order valence-electron chi connectivity index (χ1n) is 5.64. The Morgan fingerprint density at radius 3 is 2.50 bits per heavy atom. The van der Waals surface area contributed by atoms with Gasteiger partial charge in [-0.3, -0.25) is 0 Å². The summed E-state index contributed by atoms with van der Waals surface area (Å²) in [6.07, 6.45) is 7.73. The number of fused-ring (bicyclic) bond motifs is 2. The van der Waals surface area contributed by atoms with Crippen LogP contribution in [-0.4, -0.2) is 24.5 Å². The SMILES string of the molecule is C1CN(CC2CC3CCC2C3)C1. The average molecular weight is 165 g/mol. The number of hydrogen-bond donors (Lipinski definition) is 0. The molecule has 0 N–H and O–H groups in total. The molecular formula is C11H19N. The van der Waals surface area contributed by atoms with Crippen LogP contribution in [0.1, 0.15) is 32.1 Å². The lowest BCUT2D eigenvalue weighted by Gasteiger charge is -2.35. The van der Waals surface area contributed by atoms with Crippen LogP contribution in [0.2, 0.25) is 0 Å². The molecule has 0 aromatic heterocycles. The van der Waals surface area contributed by atoms with Crippen molar-refractivity contribution in [2.45, 2.75) is 32.1 Å². The largest absolute Gasteiger partial charge is 0.303 e. The van der Waals surface area contributed by atoms with Crippen molar-refractivity contribution in [3.05, 3.63) is 0 Å². The summed E-state index contributed by atoms with van der Waals surface area (Å²) in [7, 11) is 0. The van der Waals surface area contributed by atoms with Crippen LogP contribution in [0.25, 0.3) is 0 Å².